The number of hydrogen-bond acceptors (Lipinski definition) is 6. The number of ether oxygens (including phenoxy) is 1. The fraction of sp³-hybridized carbons (Fsp3) is 0.286. The monoisotopic (exact) mass is 273 g/mol. The normalized spacial score (nSPS) is 10.2. The molecule has 2 aromatic rings. The Kier molecular flexibility index (Phi) is 4.73. The molecule has 20 heavy (non-hydrogen) atoms. The molecule has 0 bridgehead atoms. The minimum absolute atomic E-state index is 0.395. The third kappa shape index (κ3) is 4.10. The highest BCUT2D eigenvalue weighted by Gasteiger charge is 2.00. The number of nitrogens with two attached hydrogens (primary N) is 1. The summed E-state index contributed by atoms with van der Waals surface area (Å²) in [5, 5.41) is 3.17. The number of nitrogen functional groups attached to an aromatic ring is 1. The minimum Gasteiger partial charge on any atom is -0.492 e. The summed E-state index contributed by atoms with van der Waals surface area (Å²) in [6.07, 6.45) is 0. The van der Waals surface area contributed by atoms with E-state index in [1.54, 1.807) is 0 Å². The lowest BCUT2D eigenvalue weighted by Gasteiger charge is -2.09. The Bertz CT molecular complexity index is 573. The summed E-state index contributed by atoms with van der Waals surface area (Å²) >= 11 is 0. The Hall–Kier alpha value is -2.34. The van der Waals surface area contributed by atoms with Crippen molar-refractivity contribution in [2.45, 2.75) is 13.8 Å². The van der Waals surface area contributed by atoms with E-state index >= 15 is 0 Å². The van der Waals surface area contributed by atoms with Crippen LogP contribution in [0.25, 0.3) is 0 Å². The van der Waals surface area contributed by atoms with Crippen LogP contribution < -0.4 is 21.3 Å². The lowest BCUT2D eigenvalue weighted by atomic mass is 10.2. The van der Waals surface area contributed by atoms with Gasteiger partial charge in [-0.1, -0.05) is 12.1 Å². The molecule has 0 aliphatic heterocycles. The highest BCUT2D eigenvalue weighted by atomic mass is 16.5. The molecule has 0 fully saturated rings. The van der Waals surface area contributed by atoms with Gasteiger partial charge in [-0.2, -0.15) is 4.98 Å². The third-order valence-corrected chi connectivity index (χ3v) is 2.65. The molecule has 1 aromatic heterocycles. The van der Waals surface area contributed by atoms with E-state index in [0.29, 0.717) is 19.1 Å². The summed E-state index contributed by atoms with van der Waals surface area (Å²) in [6.45, 7) is 5.12. The van der Waals surface area contributed by atoms with Crippen molar-refractivity contribution in [2.75, 3.05) is 23.9 Å². The highest BCUT2D eigenvalue weighted by Crippen LogP contribution is 2.12. The molecule has 1 heterocycles. The standard InChI is InChI=1S/C14H19N5O/c1-10-4-3-5-12(8-10)20-7-6-16-13-9-11(2)17-14(18-13)19-15/h3-5,8-9H,6-7,15H2,1-2H3,(H2,16,17,18,19). The van der Waals surface area contributed by atoms with Gasteiger partial charge in [0.05, 0.1) is 6.54 Å². The highest BCUT2D eigenvalue weighted by molar-refractivity contribution is 5.41. The second-order valence-corrected chi connectivity index (χ2v) is 4.45. The first-order valence-corrected chi connectivity index (χ1v) is 6.43. The van der Waals surface area contributed by atoms with E-state index in [0.717, 1.165) is 17.3 Å². The van der Waals surface area contributed by atoms with Crippen molar-refractivity contribution in [1.82, 2.24) is 9.97 Å². The average molecular weight is 273 g/mol. The zero-order valence-electron chi connectivity index (χ0n) is 11.7. The molecule has 0 atom stereocenters. The molecule has 0 radical (unpaired) electrons. The van der Waals surface area contributed by atoms with Crippen LogP contribution in [0.3, 0.4) is 0 Å². The van der Waals surface area contributed by atoms with Crippen molar-refractivity contribution in [3.8, 4) is 5.75 Å². The second-order valence-electron chi connectivity index (χ2n) is 4.45. The number of nitrogens with zero attached hydrogens (tertiary/aromatic N) is 2. The number of benzene rings is 1. The van der Waals surface area contributed by atoms with E-state index in [1.165, 1.54) is 5.56 Å². The predicted octanol–water partition coefficient (Wildman–Crippen LogP) is 1.87. The largest absolute Gasteiger partial charge is 0.492 e. The number of rotatable bonds is 6. The average Bonchev–Trinajstić information content (AvgIpc) is 2.43. The van der Waals surface area contributed by atoms with Gasteiger partial charge in [0.25, 0.3) is 0 Å². The van der Waals surface area contributed by atoms with Gasteiger partial charge in [-0.05, 0) is 31.5 Å². The van der Waals surface area contributed by atoms with Gasteiger partial charge in [-0.3, -0.25) is 5.43 Å². The fourth-order valence-electron chi connectivity index (χ4n) is 1.78. The Morgan fingerprint density at radius 3 is 2.80 bits per heavy atom. The van der Waals surface area contributed by atoms with Crippen LogP contribution in [-0.2, 0) is 0 Å². The molecular weight excluding hydrogens is 254 g/mol. The smallest absolute Gasteiger partial charge is 0.239 e. The third-order valence-electron chi connectivity index (χ3n) is 2.65. The van der Waals surface area contributed by atoms with Crippen LogP contribution in [0, 0.1) is 13.8 Å². The molecule has 4 N–H and O–H groups in total. The number of anilines is 2. The summed E-state index contributed by atoms with van der Waals surface area (Å²) in [6, 6.07) is 9.82. The van der Waals surface area contributed by atoms with Crippen LogP contribution in [0.5, 0.6) is 5.75 Å². The number of aryl methyl sites for hydroxylation is 2. The van der Waals surface area contributed by atoms with Gasteiger partial charge in [0, 0.05) is 11.8 Å². The Morgan fingerprint density at radius 1 is 1.20 bits per heavy atom. The topological polar surface area (TPSA) is 85.1 Å². The van der Waals surface area contributed by atoms with Crippen molar-refractivity contribution in [3.05, 3.63) is 41.6 Å². The number of hydrogen-bond donors (Lipinski definition) is 3. The summed E-state index contributed by atoms with van der Waals surface area (Å²) in [4.78, 5) is 8.32. The van der Waals surface area contributed by atoms with Crippen molar-refractivity contribution in [2.24, 2.45) is 5.84 Å². The summed E-state index contributed by atoms with van der Waals surface area (Å²) in [5.74, 6) is 7.29. The van der Waals surface area contributed by atoms with E-state index in [-0.39, 0.29) is 0 Å². The predicted molar refractivity (Wildman–Crippen MR) is 79.7 cm³/mol. The van der Waals surface area contributed by atoms with Crippen LogP contribution in [0.4, 0.5) is 11.8 Å². The maximum Gasteiger partial charge on any atom is 0.239 e. The van der Waals surface area contributed by atoms with E-state index < -0.39 is 0 Å². The van der Waals surface area contributed by atoms with Gasteiger partial charge in [0.15, 0.2) is 0 Å². The van der Waals surface area contributed by atoms with Crippen LogP contribution in [-0.4, -0.2) is 23.1 Å². The van der Waals surface area contributed by atoms with Crippen LogP contribution in [0.15, 0.2) is 30.3 Å². The quantitative estimate of drug-likeness (QED) is 0.423. The molecular formula is C14H19N5O. The van der Waals surface area contributed by atoms with E-state index in [2.05, 4.69) is 20.7 Å². The van der Waals surface area contributed by atoms with Crippen LogP contribution >= 0.6 is 0 Å². The van der Waals surface area contributed by atoms with Gasteiger partial charge < -0.3 is 10.1 Å². The molecule has 2 rings (SSSR count). The first-order valence-electron chi connectivity index (χ1n) is 6.43. The van der Waals surface area contributed by atoms with Crippen LogP contribution in [0.1, 0.15) is 11.3 Å². The fourth-order valence-corrected chi connectivity index (χ4v) is 1.78. The molecule has 0 aliphatic rings. The van der Waals surface area contributed by atoms with E-state index in [4.69, 9.17) is 10.6 Å². The SMILES string of the molecule is Cc1cccc(OCCNc2cc(C)nc(NN)n2)c1. The maximum absolute atomic E-state index is 5.65. The van der Waals surface area contributed by atoms with Gasteiger partial charge in [-0.25, -0.2) is 10.8 Å². The molecule has 0 aliphatic carbocycles. The lowest BCUT2D eigenvalue weighted by molar-refractivity contribution is 0.332. The molecule has 106 valence electrons. The minimum atomic E-state index is 0.395. The summed E-state index contributed by atoms with van der Waals surface area (Å²) in [5.41, 5.74) is 4.46. The first-order chi connectivity index (χ1) is 9.67. The maximum atomic E-state index is 5.65. The lowest BCUT2D eigenvalue weighted by Crippen LogP contribution is -2.15. The van der Waals surface area contributed by atoms with E-state index in [9.17, 15) is 0 Å². The molecule has 0 unspecified atom stereocenters. The van der Waals surface area contributed by atoms with E-state index in [1.807, 2.05) is 44.2 Å². The van der Waals surface area contributed by atoms with Gasteiger partial charge >= 0.3 is 0 Å². The van der Waals surface area contributed by atoms with Crippen LogP contribution in [0.2, 0.25) is 0 Å². The number of aromatic nitrogens is 2. The summed E-state index contributed by atoms with van der Waals surface area (Å²) < 4.78 is 5.65. The number of nitrogens with one attached hydrogen (secondary N) is 2. The number of hydrazine groups is 1. The molecule has 0 saturated heterocycles. The molecule has 1 aromatic carbocycles. The zero-order chi connectivity index (χ0) is 14.4. The van der Waals surface area contributed by atoms with Gasteiger partial charge in [0.1, 0.15) is 18.2 Å². The Morgan fingerprint density at radius 2 is 2.05 bits per heavy atom. The van der Waals surface area contributed by atoms with Crippen molar-refractivity contribution < 1.29 is 4.74 Å². The molecule has 6 nitrogen and oxygen atoms in total. The molecule has 6 heteroatoms. The van der Waals surface area contributed by atoms with Crippen molar-refractivity contribution in [3.63, 3.8) is 0 Å². The van der Waals surface area contributed by atoms with Crippen molar-refractivity contribution >= 4 is 11.8 Å². The second kappa shape index (κ2) is 6.72. The van der Waals surface area contributed by atoms with Gasteiger partial charge in [0.2, 0.25) is 5.95 Å². The molecule has 0 saturated carbocycles. The summed E-state index contributed by atoms with van der Waals surface area (Å²) in [7, 11) is 0. The van der Waals surface area contributed by atoms with Crippen molar-refractivity contribution in [1.29, 1.82) is 0 Å². The molecule has 0 spiro atoms. The zero-order valence-corrected chi connectivity index (χ0v) is 11.7. The van der Waals surface area contributed by atoms with Gasteiger partial charge in [-0.15, -0.1) is 0 Å². The Balaban J connectivity index is 1.82. The molecule has 0 amide bonds. The Labute approximate surface area is 118 Å². The first kappa shape index (κ1) is 14.1.